The van der Waals surface area contributed by atoms with Gasteiger partial charge < -0.3 is 9.80 Å². The van der Waals surface area contributed by atoms with Gasteiger partial charge in [-0.2, -0.15) is 5.10 Å². The first-order valence-electron chi connectivity index (χ1n) is 11.8. The summed E-state index contributed by atoms with van der Waals surface area (Å²) in [5.41, 5.74) is 5.16. The molecule has 0 radical (unpaired) electrons. The van der Waals surface area contributed by atoms with Gasteiger partial charge in [0.25, 0.3) is 5.91 Å². The highest BCUT2D eigenvalue weighted by Crippen LogP contribution is 2.37. The molecule has 34 heavy (non-hydrogen) atoms. The molecule has 1 unspecified atom stereocenters. The molecule has 1 saturated heterocycles. The third kappa shape index (κ3) is 4.34. The van der Waals surface area contributed by atoms with Crippen molar-refractivity contribution in [3.05, 3.63) is 45.6 Å². The van der Waals surface area contributed by atoms with E-state index in [0.717, 1.165) is 53.0 Å². The summed E-state index contributed by atoms with van der Waals surface area (Å²) in [7, 11) is 0. The molecule has 2 amide bonds. The molecule has 1 fully saturated rings. The monoisotopic (exact) mass is 500 g/mol. The molecule has 0 bridgehead atoms. The maximum absolute atomic E-state index is 13.0. The zero-order chi connectivity index (χ0) is 23.7. The minimum Gasteiger partial charge on any atom is -0.368 e. The van der Waals surface area contributed by atoms with Crippen molar-refractivity contribution in [2.75, 3.05) is 42.5 Å². The smallest absolute Gasteiger partial charge is 0.269 e. The lowest BCUT2D eigenvalue weighted by Gasteiger charge is -2.40. The average molecular weight is 501 g/mol. The van der Waals surface area contributed by atoms with E-state index in [-0.39, 0.29) is 18.1 Å². The van der Waals surface area contributed by atoms with Crippen LogP contribution in [0, 0.1) is 0 Å². The number of anilines is 2. The molecule has 5 rings (SSSR count). The van der Waals surface area contributed by atoms with Crippen molar-refractivity contribution in [1.29, 1.82) is 0 Å². The van der Waals surface area contributed by atoms with Crippen molar-refractivity contribution in [2.24, 2.45) is 5.10 Å². The van der Waals surface area contributed by atoms with Gasteiger partial charge in [0.15, 0.2) is 0 Å². The minimum absolute atomic E-state index is 0.0540. The van der Waals surface area contributed by atoms with E-state index in [1.807, 2.05) is 45.5 Å². The van der Waals surface area contributed by atoms with Gasteiger partial charge in [-0.3, -0.25) is 24.8 Å². The molecule has 180 valence electrons. The molecular weight excluding hydrogens is 472 g/mol. The number of amides is 2. The largest absolute Gasteiger partial charge is 0.368 e. The molecule has 1 atom stereocenters. The Morgan fingerprint density at radius 1 is 1.18 bits per heavy atom. The first kappa shape index (κ1) is 23.0. The number of carbonyl (C=O) groups is 2. The maximum Gasteiger partial charge on any atom is 0.269 e. The highest BCUT2D eigenvalue weighted by Gasteiger charge is 2.43. The number of amidine groups is 1. The SMILES string of the molecule is CCCCN1C(=O)c2sccc2N2C(CCC(=O)N3CCN(c4ccc(Cl)cc4)CC3)=NNC12. The second-order valence-corrected chi connectivity index (χ2v) is 10.1. The zero-order valence-corrected chi connectivity index (χ0v) is 20.8. The Bertz CT molecular complexity index is 1080. The fraction of sp³-hybridized carbons (Fsp3) is 0.458. The summed E-state index contributed by atoms with van der Waals surface area (Å²) in [5.74, 6) is 1.01. The van der Waals surface area contributed by atoms with Crippen LogP contribution in [-0.4, -0.2) is 66.5 Å². The normalized spacial score (nSPS) is 19.6. The number of rotatable bonds is 7. The number of hydrazone groups is 1. The van der Waals surface area contributed by atoms with Crippen LogP contribution in [-0.2, 0) is 4.79 Å². The van der Waals surface area contributed by atoms with E-state index < -0.39 is 0 Å². The number of fused-ring (bicyclic) bond motifs is 3. The number of benzene rings is 1. The van der Waals surface area contributed by atoms with Crippen molar-refractivity contribution >= 4 is 52.0 Å². The van der Waals surface area contributed by atoms with Crippen LogP contribution in [0.5, 0.6) is 0 Å². The van der Waals surface area contributed by atoms with Gasteiger partial charge in [0.05, 0.1) is 5.69 Å². The van der Waals surface area contributed by atoms with Crippen LogP contribution >= 0.6 is 22.9 Å². The van der Waals surface area contributed by atoms with Crippen molar-refractivity contribution in [1.82, 2.24) is 15.2 Å². The molecule has 1 aromatic heterocycles. The summed E-state index contributed by atoms with van der Waals surface area (Å²) in [5, 5.41) is 7.22. The lowest BCUT2D eigenvalue weighted by molar-refractivity contribution is -0.131. The van der Waals surface area contributed by atoms with Crippen LogP contribution in [0.3, 0.4) is 0 Å². The number of halogens is 1. The first-order valence-corrected chi connectivity index (χ1v) is 13.1. The molecule has 4 heterocycles. The van der Waals surface area contributed by atoms with E-state index in [4.69, 9.17) is 11.6 Å². The van der Waals surface area contributed by atoms with Crippen LogP contribution in [0.15, 0.2) is 40.8 Å². The Kier molecular flexibility index (Phi) is 6.65. The second kappa shape index (κ2) is 9.84. The van der Waals surface area contributed by atoms with Crippen molar-refractivity contribution in [3.8, 4) is 0 Å². The number of carbonyl (C=O) groups excluding carboxylic acids is 2. The standard InChI is InChI=1S/C24H29ClN6O2S/c1-2-3-11-30-23(33)22-19(10-16-34-22)31-20(26-27-24(30)31)8-9-21(32)29-14-12-28(13-15-29)18-6-4-17(25)5-7-18/h4-7,10,16,24,27H,2-3,8-9,11-15H2,1H3. The third-order valence-electron chi connectivity index (χ3n) is 6.63. The number of hydrogen-bond donors (Lipinski definition) is 1. The molecule has 0 aliphatic carbocycles. The van der Waals surface area contributed by atoms with Gasteiger partial charge in [-0.1, -0.05) is 24.9 Å². The molecular formula is C24H29ClN6O2S. The van der Waals surface area contributed by atoms with E-state index in [1.54, 1.807) is 0 Å². The Morgan fingerprint density at radius 2 is 1.94 bits per heavy atom. The fourth-order valence-electron chi connectivity index (χ4n) is 4.73. The van der Waals surface area contributed by atoms with E-state index in [0.29, 0.717) is 32.5 Å². The summed E-state index contributed by atoms with van der Waals surface area (Å²) in [4.78, 5) is 34.9. The summed E-state index contributed by atoms with van der Waals surface area (Å²) in [6, 6.07) is 9.81. The summed E-state index contributed by atoms with van der Waals surface area (Å²) >= 11 is 7.46. The van der Waals surface area contributed by atoms with Gasteiger partial charge in [0.2, 0.25) is 12.2 Å². The van der Waals surface area contributed by atoms with Crippen LogP contribution in [0.2, 0.25) is 5.02 Å². The Balaban J connectivity index is 1.19. The molecule has 10 heteroatoms. The van der Waals surface area contributed by atoms with E-state index in [9.17, 15) is 9.59 Å². The van der Waals surface area contributed by atoms with Gasteiger partial charge in [-0.05, 0) is 42.1 Å². The number of nitrogens with zero attached hydrogens (tertiary/aromatic N) is 5. The number of hydrogen-bond acceptors (Lipinski definition) is 7. The number of thiophene rings is 1. The Hall–Kier alpha value is -2.78. The molecule has 0 saturated carbocycles. The molecule has 2 aromatic rings. The van der Waals surface area contributed by atoms with Crippen molar-refractivity contribution < 1.29 is 9.59 Å². The van der Waals surface area contributed by atoms with E-state index in [2.05, 4.69) is 27.3 Å². The molecule has 3 aliphatic rings. The lowest BCUT2D eigenvalue weighted by Crippen LogP contribution is -2.58. The summed E-state index contributed by atoms with van der Waals surface area (Å²) < 4.78 is 0. The molecule has 1 N–H and O–H groups in total. The van der Waals surface area contributed by atoms with Gasteiger partial charge in [0.1, 0.15) is 10.7 Å². The number of nitrogens with one attached hydrogen (secondary N) is 1. The average Bonchev–Trinajstić information content (AvgIpc) is 3.50. The fourth-order valence-corrected chi connectivity index (χ4v) is 5.69. The van der Waals surface area contributed by atoms with Crippen molar-refractivity contribution in [3.63, 3.8) is 0 Å². The predicted molar refractivity (Wildman–Crippen MR) is 137 cm³/mol. The predicted octanol–water partition coefficient (Wildman–Crippen LogP) is 3.79. The van der Waals surface area contributed by atoms with Crippen LogP contribution in [0.4, 0.5) is 11.4 Å². The highest BCUT2D eigenvalue weighted by molar-refractivity contribution is 7.12. The van der Waals surface area contributed by atoms with Crippen molar-refractivity contribution in [2.45, 2.75) is 38.9 Å². The molecule has 8 nitrogen and oxygen atoms in total. The quantitative estimate of drug-likeness (QED) is 0.626. The van der Waals surface area contributed by atoms with Gasteiger partial charge in [-0.25, -0.2) is 0 Å². The lowest BCUT2D eigenvalue weighted by atomic mass is 10.1. The maximum atomic E-state index is 13.0. The van der Waals surface area contributed by atoms with Gasteiger partial charge >= 0.3 is 0 Å². The van der Waals surface area contributed by atoms with Crippen LogP contribution in [0.1, 0.15) is 42.3 Å². The topological polar surface area (TPSA) is 71.5 Å². The minimum atomic E-state index is -0.311. The summed E-state index contributed by atoms with van der Waals surface area (Å²) in [6.07, 6.45) is 2.57. The first-order chi connectivity index (χ1) is 16.6. The van der Waals surface area contributed by atoms with E-state index >= 15 is 0 Å². The van der Waals surface area contributed by atoms with Gasteiger partial charge in [-0.15, -0.1) is 11.3 Å². The van der Waals surface area contributed by atoms with Gasteiger partial charge in [0, 0.05) is 56.3 Å². The van der Waals surface area contributed by atoms with Crippen LogP contribution < -0.4 is 15.2 Å². The Labute approximate surface area is 208 Å². The van der Waals surface area contributed by atoms with Crippen LogP contribution in [0.25, 0.3) is 0 Å². The Morgan fingerprint density at radius 3 is 2.68 bits per heavy atom. The molecule has 3 aliphatic heterocycles. The third-order valence-corrected chi connectivity index (χ3v) is 7.77. The highest BCUT2D eigenvalue weighted by atomic mass is 35.5. The number of piperazine rings is 1. The zero-order valence-electron chi connectivity index (χ0n) is 19.2. The molecule has 0 spiro atoms. The second-order valence-electron chi connectivity index (χ2n) is 8.73. The van der Waals surface area contributed by atoms with E-state index in [1.165, 1.54) is 11.3 Å². The molecule has 1 aromatic carbocycles. The number of unbranched alkanes of at least 4 members (excludes halogenated alkanes) is 1. The summed E-state index contributed by atoms with van der Waals surface area (Å²) in [6.45, 7) is 5.81.